The van der Waals surface area contributed by atoms with Gasteiger partial charge in [-0.25, -0.2) is 0 Å². The SMILES string of the molecule is COc1cc(CCl)ccc1Oc1ccc(CCl)cc1OC. The lowest BCUT2D eigenvalue weighted by atomic mass is 10.2. The summed E-state index contributed by atoms with van der Waals surface area (Å²) >= 11 is 11.6. The van der Waals surface area contributed by atoms with Crippen molar-refractivity contribution in [2.75, 3.05) is 14.2 Å². The Morgan fingerprint density at radius 1 is 0.714 bits per heavy atom. The molecule has 0 aliphatic rings. The van der Waals surface area contributed by atoms with Gasteiger partial charge in [0.1, 0.15) is 0 Å². The molecule has 0 unspecified atom stereocenters. The summed E-state index contributed by atoms with van der Waals surface area (Å²) in [5.41, 5.74) is 1.93. The molecule has 0 bridgehead atoms. The van der Waals surface area contributed by atoms with Crippen LogP contribution in [0.25, 0.3) is 0 Å². The molecule has 0 saturated heterocycles. The van der Waals surface area contributed by atoms with Crippen LogP contribution in [0, 0.1) is 0 Å². The molecule has 2 aromatic rings. The number of methoxy groups -OCH3 is 2. The van der Waals surface area contributed by atoms with Gasteiger partial charge in [0.15, 0.2) is 23.0 Å². The summed E-state index contributed by atoms with van der Waals surface area (Å²) in [6, 6.07) is 11.1. The lowest BCUT2D eigenvalue weighted by Crippen LogP contribution is -1.95. The standard InChI is InChI=1S/C16H16Cl2O3/c1-19-15-7-11(9-17)3-5-13(15)21-14-6-4-12(10-18)8-16(14)20-2/h3-8H,9-10H2,1-2H3. The first-order valence-corrected chi connectivity index (χ1v) is 7.42. The van der Waals surface area contributed by atoms with Crippen LogP contribution in [0.15, 0.2) is 36.4 Å². The van der Waals surface area contributed by atoms with Gasteiger partial charge in [-0.3, -0.25) is 0 Å². The summed E-state index contributed by atoms with van der Waals surface area (Å²) in [4.78, 5) is 0. The van der Waals surface area contributed by atoms with Crippen LogP contribution < -0.4 is 14.2 Å². The van der Waals surface area contributed by atoms with Gasteiger partial charge in [-0.1, -0.05) is 12.1 Å². The number of halogens is 2. The van der Waals surface area contributed by atoms with Gasteiger partial charge in [-0.2, -0.15) is 0 Å². The van der Waals surface area contributed by atoms with Gasteiger partial charge < -0.3 is 14.2 Å². The van der Waals surface area contributed by atoms with E-state index in [9.17, 15) is 0 Å². The molecule has 21 heavy (non-hydrogen) atoms. The number of rotatable bonds is 6. The molecule has 0 N–H and O–H groups in total. The fourth-order valence-corrected chi connectivity index (χ4v) is 2.21. The van der Waals surface area contributed by atoms with Crippen molar-refractivity contribution in [3.63, 3.8) is 0 Å². The minimum absolute atomic E-state index is 0.421. The third kappa shape index (κ3) is 3.74. The van der Waals surface area contributed by atoms with E-state index < -0.39 is 0 Å². The van der Waals surface area contributed by atoms with Crippen LogP contribution in [-0.2, 0) is 11.8 Å². The minimum Gasteiger partial charge on any atom is -0.493 e. The molecule has 0 aromatic heterocycles. The summed E-state index contributed by atoms with van der Waals surface area (Å²) < 4.78 is 16.6. The van der Waals surface area contributed by atoms with Crippen molar-refractivity contribution in [1.29, 1.82) is 0 Å². The fraction of sp³-hybridized carbons (Fsp3) is 0.250. The van der Waals surface area contributed by atoms with Crippen molar-refractivity contribution in [2.45, 2.75) is 11.8 Å². The van der Waals surface area contributed by atoms with Crippen molar-refractivity contribution in [2.24, 2.45) is 0 Å². The van der Waals surface area contributed by atoms with E-state index in [0.717, 1.165) is 11.1 Å². The summed E-state index contributed by atoms with van der Waals surface area (Å²) in [5.74, 6) is 3.29. The molecular weight excluding hydrogens is 311 g/mol. The van der Waals surface area contributed by atoms with Gasteiger partial charge in [0.25, 0.3) is 0 Å². The molecule has 3 nitrogen and oxygen atoms in total. The van der Waals surface area contributed by atoms with Crippen LogP contribution >= 0.6 is 23.2 Å². The fourth-order valence-electron chi connectivity index (χ4n) is 1.88. The predicted molar refractivity (Wildman–Crippen MR) is 85.2 cm³/mol. The smallest absolute Gasteiger partial charge is 0.169 e. The van der Waals surface area contributed by atoms with E-state index in [-0.39, 0.29) is 0 Å². The van der Waals surface area contributed by atoms with E-state index in [2.05, 4.69) is 0 Å². The highest BCUT2D eigenvalue weighted by Crippen LogP contribution is 2.37. The van der Waals surface area contributed by atoms with Crippen LogP contribution in [0.2, 0.25) is 0 Å². The minimum atomic E-state index is 0.421. The molecule has 112 valence electrons. The van der Waals surface area contributed by atoms with E-state index in [1.54, 1.807) is 14.2 Å². The van der Waals surface area contributed by atoms with Crippen LogP contribution in [0.4, 0.5) is 0 Å². The zero-order valence-corrected chi connectivity index (χ0v) is 13.4. The van der Waals surface area contributed by atoms with Crippen LogP contribution in [0.1, 0.15) is 11.1 Å². The van der Waals surface area contributed by atoms with E-state index in [4.69, 9.17) is 37.4 Å². The third-order valence-corrected chi connectivity index (χ3v) is 3.60. The molecule has 2 aromatic carbocycles. The molecule has 0 saturated carbocycles. The van der Waals surface area contributed by atoms with Gasteiger partial charge in [0.2, 0.25) is 0 Å². The highest BCUT2D eigenvalue weighted by Gasteiger charge is 2.11. The Labute approximate surface area is 134 Å². The second-order valence-corrected chi connectivity index (χ2v) is 4.87. The Balaban J connectivity index is 2.33. The Kier molecular flexibility index (Phi) is 5.59. The number of hydrogen-bond acceptors (Lipinski definition) is 3. The van der Waals surface area contributed by atoms with Gasteiger partial charge in [0.05, 0.1) is 14.2 Å². The van der Waals surface area contributed by atoms with Gasteiger partial charge in [-0.05, 0) is 35.4 Å². The normalized spacial score (nSPS) is 10.3. The van der Waals surface area contributed by atoms with Gasteiger partial charge >= 0.3 is 0 Å². The first-order valence-electron chi connectivity index (χ1n) is 6.35. The summed E-state index contributed by atoms with van der Waals surface area (Å²) in [6.45, 7) is 0. The summed E-state index contributed by atoms with van der Waals surface area (Å²) in [5, 5.41) is 0. The molecule has 0 aliphatic carbocycles. The Morgan fingerprint density at radius 3 is 1.48 bits per heavy atom. The van der Waals surface area contributed by atoms with Crippen molar-refractivity contribution in [3.05, 3.63) is 47.5 Å². The first-order chi connectivity index (χ1) is 10.2. The summed E-state index contributed by atoms with van der Waals surface area (Å²) in [7, 11) is 3.18. The van der Waals surface area contributed by atoms with Gasteiger partial charge in [0, 0.05) is 11.8 Å². The Hall–Kier alpha value is -1.58. The molecule has 5 heteroatoms. The van der Waals surface area contributed by atoms with Crippen LogP contribution in [0.5, 0.6) is 23.0 Å². The predicted octanol–water partition coefficient (Wildman–Crippen LogP) is 4.97. The Bertz CT molecular complexity index is 561. The maximum Gasteiger partial charge on any atom is 0.169 e. The number of ether oxygens (including phenoxy) is 3. The second-order valence-electron chi connectivity index (χ2n) is 4.34. The average molecular weight is 327 g/mol. The zero-order chi connectivity index (χ0) is 15.2. The monoisotopic (exact) mass is 326 g/mol. The molecular formula is C16H16Cl2O3. The van der Waals surface area contributed by atoms with Crippen molar-refractivity contribution < 1.29 is 14.2 Å². The Morgan fingerprint density at radius 2 is 1.14 bits per heavy atom. The van der Waals surface area contributed by atoms with E-state index in [1.165, 1.54) is 0 Å². The van der Waals surface area contributed by atoms with E-state index in [1.807, 2.05) is 36.4 Å². The molecule has 0 heterocycles. The molecule has 0 spiro atoms. The zero-order valence-electron chi connectivity index (χ0n) is 11.9. The maximum absolute atomic E-state index is 5.89. The molecule has 2 rings (SSSR count). The average Bonchev–Trinajstić information content (AvgIpc) is 2.55. The first kappa shape index (κ1) is 15.8. The molecule has 0 fully saturated rings. The van der Waals surface area contributed by atoms with Crippen molar-refractivity contribution in [3.8, 4) is 23.0 Å². The molecule has 0 amide bonds. The highest BCUT2D eigenvalue weighted by molar-refractivity contribution is 6.17. The topological polar surface area (TPSA) is 27.7 Å². The number of hydrogen-bond donors (Lipinski definition) is 0. The second kappa shape index (κ2) is 7.43. The summed E-state index contributed by atoms with van der Waals surface area (Å²) in [6.07, 6.45) is 0. The van der Waals surface area contributed by atoms with Crippen LogP contribution in [0.3, 0.4) is 0 Å². The third-order valence-electron chi connectivity index (χ3n) is 2.98. The van der Waals surface area contributed by atoms with Crippen LogP contribution in [-0.4, -0.2) is 14.2 Å². The number of alkyl halides is 2. The van der Waals surface area contributed by atoms with E-state index in [0.29, 0.717) is 34.8 Å². The largest absolute Gasteiger partial charge is 0.493 e. The molecule has 0 aliphatic heterocycles. The van der Waals surface area contributed by atoms with Crippen molar-refractivity contribution >= 4 is 23.2 Å². The number of benzene rings is 2. The van der Waals surface area contributed by atoms with Gasteiger partial charge in [-0.15, -0.1) is 23.2 Å². The van der Waals surface area contributed by atoms with Crippen molar-refractivity contribution in [1.82, 2.24) is 0 Å². The molecule has 0 radical (unpaired) electrons. The lowest BCUT2D eigenvalue weighted by molar-refractivity contribution is 0.356. The van der Waals surface area contributed by atoms with E-state index >= 15 is 0 Å². The maximum atomic E-state index is 5.89. The molecule has 0 atom stereocenters. The quantitative estimate of drug-likeness (QED) is 0.701. The highest BCUT2D eigenvalue weighted by atomic mass is 35.5. The lowest BCUT2D eigenvalue weighted by Gasteiger charge is -2.14.